The number of piperidine rings is 1. The average molecular weight is 381 g/mol. The van der Waals surface area contributed by atoms with Gasteiger partial charge in [-0.1, -0.05) is 12.8 Å². The van der Waals surface area contributed by atoms with Crippen LogP contribution in [0.15, 0.2) is 30.6 Å². The van der Waals surface area contributed by atoms with E-state index in [9.17, 15) is 9.59 Å². The molecule has 0 spiro atoms. The lowest BCUT2D eigenvalue weighted by Gasteiger charge is -2.33. The second-order valence-electron chi connectivity index (χ2n) is 7.71. The molecule has 0 aromatic carbocycles. The lowest BCUT2D eigenvalue weighted by atomic mass is 9.95. The summed E-state index contributed by atoms with van der Waals surface area (Å²) in [7, 11) is 0. The zero-order chi connectivity index (χ0) is 19.3. The molecule has 2 saturated heterocycles. The summed E-state index contributed by atoms with van der Waals surface area (Å²) in [6.07, 6.45) is 9.57. The molecule has 2 fully saturated rings. The van der Waals surface area contributed by atoms with Crippen molar-refractivity contribution in [2.24, 2.45) is 5.92 Å². The van der Waals surface area contributed by atoms with E-state index in [0.29, 0.717) is 18.8 Å². The number of aromatic nitrogens is 3. The fourth-order valence-electron chi connectivity index (χ4n) is 4.15. The number of nitrogens with one attached hydrogen (secondary N) is 1. The highest BCUT2D eigenvalue weighted by atomic mass is 16.2. The Hall–Kier alpha value is -2.70. The summed E-state index contributed by atoms with van der Waals surface area (Å²) < 4.78 is 0. The first kappa shape index (κ1) is 18.7. The fourth-order valence-corrected chi connectivity index (χ4v) is 4.15. The lowest BCUT2D eigenvalue weighted by molar-refractivity contribution is -0.136. The summed E-state index contributed by atoms with van der Waals surface area (Å²) in [5.41, 5.74) is 2.15. The van der Waals surface area contributed by atoms with Crippen molar-refractivity contribution in [3.8, 4) is 11.3 Å². The van der Waals surface area contributed by atoms with Gasteiger partial charge in [-0.05, 0) is 43.9 Å². The molecule has 2 aromatic heterocycles. The molecule has 2 amide bonds. The van der Waals surface area contributed by atoms with Crippen LogP contribution in [-0.4, -0.2) is 63.0 Å². The molecule has 0 bridgehead atoms. The van der Waals surface area contributed by atoms with Crippen molar-refractivity contribution in [2.45, 2.75) is 38.5 Å². The number of likely N-dealkylation sites (tertiary alicyclic amines) is 2. The summed E-state index contributed by atoms with van der Waals surface area (Å²) in [6, 6.07) is 5.51. The van der Waals surface area contributed by atoms with Crippen molar-refractivity contribution in [3.05, 3.63) is 36.3 Å². The first-order chi connectivity index (χ1) is 13.7. The molecule has 2 aliphatic heterocycles. The van der Waals surface area contributed by atoms with Crippen LogP contribution in [0.1, 0.15) is 49.0 Å². The summed E-state index contributed by atoms with van der Waals surface area (Å²) in [5, 5.41) is 7.11. The van der Waals surface area contributed by atoms with Crippen molar-refractivity contribution in [1.29, 1.82) is 0 Å². The van der Waals surface area contributed by atoms with Crippen LogP contribution in [0.5, 0.6) is 0 Å². The molecule has 0 radical (unpaired) electrons. The molecule has 28 heavy (non-hydrogen) atoms. The van der Waals surface area contributed by atoms with E-state index in [1.807, 2.05) is 21.9 Å². The fraction of sp³-hybridized carbons (Fsp3) is 0.524. The largest absolute Gasteiger partial charge is 0.342 e. The lowest BCUT2D eigenvalue weighted by Crippen LogP contribution is -2.44. The molecular weight excluding hydrogens is 354 g/mol. The third-order valence-corrected chi connectivity index (χ3v) is 5.83. The number of amides is 2. The maximum atomic E-state index is 12.8. The van der Waals surface area contributed by atoms with Gasteiger partial charge in [0.1, 0.15) is 5.69 Å². The van der Waals surface area contributed by atoms with E-state index in [2.05, 4.69) is 15.2 Å². The molecule has 0 unspecified atom stereocenters. The Labute approximate surface area is 165 Å². The molecule has 148 valence electrons. The summed E-state index contributed by atoms with van der Waals surface area (Å²) >= 11 is 0. The van der Waals surface area contributed by atoms with Gasteiger partial charge in [0.25, 0.3) is 5.91 Å². The monoisotopic (exact) mass is 381 g/mol. The summed E-state index contributed by atoms with van der Waals surface area (Å²) in [5.74, 6) is 0.292. The molecule has 7 nitrogen and oxygen atoms in total. The summed E-state index contributed by atoms with van der Waals surface area (Å²) in [6.45, 7) is 3.02. The number of carbonyl (C=O) groups excluding carboxylic acids is 2. The molecule has 2 aromatic rings. The van der Waals surface area contributed by atoms with Gasteiger partial charge in [0.05, 0.1) is 5.69 Å². The van der Waals surface area contributed by atoms with Crippen LogP contribution in [0.4, 0.5) is 0 Å². The number of pyridine rings is 1. The second kappa shape index (κ2) is 8.54. The van der Waals surface area contributed by atoms with Crippen LogP contribution in [0.25, 0.3) is 11.3 Å². The Morgan fingerprint density at radius 3 is 2.29 bits per heavy atom. The number of H-pyrrole nitrogens is 1. The Kier molecular flexibility index (Phi) is 5.69. The Bertz CT molecular complexity index is 803. The Morgan fingerprint density at radius 2 is 1.61 bits per heavy atom. The maximum Gasteiger partial charge on any atom is 0.271 e. The van der Waals surface area contributed by atoms with Gasteiger partial charge in [0, 0.05) is 50.1 Å². The van der Waals surface area contributed by atoms with Crippen LogP contribution in [-0.2, 0) is 4.79 Å². The predicted octanol–water partition coefficient (Wildman–Crippen LogP) is 2.73. The highest BCUT2D eigenvalue weighted by Gasteiger charge is 2.31. The third-order valence-electron chi connectivity index (χ3n) is 5.83. The molecule has 4 heterocycles. The van der Waals surface area contributed by atoms with Crippen LogP contribution in [0.3, 0.4) is 0 Å². The molecule has 1 N–H and O–H groups in total. The van der Waals surface area contributed by atoms with E-state index in [1.54, 1.807) is 18.5 Å². The highest BCUT2D eigenvalue weighted by molar-refractivity contribution is 5.93. The van der Waals surface area contributed by atoms with Crippen LogP contribution < -0.4 is 0 Å². The zero-order valence-corrected chi connectivity index (χ0v) is 16.1. The van der Waals surface area contributed by atoms with Gasteiger partial charge in [-0.2, -0.15) is 5.10 Å². The van der Waals surface area contributed by atoms with Crippen molar-refractivity contribution in [2.75, 3.05) is 26.2 Å². The predicted molar refractivity (Wildman–Crippen MR) is 105 cm³/mol. The van der Waals surface area contributed by atoms with Crippen molar-refractivity contribution in [3.63, 3.8) is 0 Å². The molecule has 0 atom stereocenters. The highest BCUT2D eigenvalue weighted by Crippen LogP contribution is 2.23. The number of nitrogens with zero attached hydrogens (tertiary/aromatic N) is 4. The SMILES string of the molecule is O=C(c1cc(-c2ccncc2)n[nH]1)N1CCC(C(=O)N2CCCCCC2)CC1. The van der Waals surface area contributed by atoms with Crippen LogP contribution >= 0.6 is 0 Å². The van der Waals surface area contributed by atoms with Gasteiger partial charge in [-0.3, -0.25) is 19.7 Å². The Morgan fingerprint density at radius 1 is 0.929 bits per heavy atom. The quantitative estimate of drug-likeness (QED) is 0.886. The van der Waals surface area contributed by atoms with E-state index in [4.69, 9.17) is 0 Å². The minimum absolute atomic E-state index is 0.0477. The minimum atomic E-state index is -0.0477. The molecule has 0 aliphatic carbocycles. The van der Waals surface area contributed by atoms with E-state index in [-0.39, 0.29) is 17.7 Å². The van der Waals surface area contributed by atoms with Gasteiger partial charge >= 0.3 is 0 Å². The topological polar surface area (TPSA) is 82.2 Å². The van der Waals surface area contributed by atoms with E-state index in [1.165, 1.54) is 12.8 Å². The van der Waals surface area contributed by atoms with Crippen molar-refractivity contribution >= 4 is 11.8 Å². The van der Waals surface area contributed by atoms with Gasteiger partial charge < -0.3 is 9.80 Å². The van der Waals surface area contributed by atoms with Crippen molar-refractivity contribution < 1.29 is 9.59 Å². The second-order valence-corrected chi connectivity index (χ2v) is 7.71. The van der Waals surface area contributed by atoms with E-state index >= 15 is 0 Å². The standard InChI is InChI=1S/C21H27N5O2/c27-20(25-11-3-1-2-4-12-25)17-7-13-26(14-8-17)21(28)19-15-18(23-24-19)16-5-9-22-10-6-16/h5-6,9-10,15,17H,1-4,7-8,11-14H2,(H,23,24). The first-order valence-corrected chi connectivity index (χ1v) is 10.3. The first-order valence-electron chi connectivity index (χ1n) is 10.3. The van der Waals surface area contributed by atoms with Gasteiger partial charge in [0.15, 0.2) is 0 Å². The normalized spacial score (nSPS) is 18.7. The zero-order valence-electron chi connectivity index (χ0n) is 16.1. The smallest absolute Gasteiger partial charge is 0.271 e. The average Bonchev–Trinajstić information content (AvgIpc) is 3.09. The van der Waals surface area contributed by atoms with Gasteiger partial charge in [-0.25, -0.2) is 0 Å². The molecule has 2 aliphatic rings. The van der Waals surface area contributed by atoms with E-state index in [0.717, 1.165) is 50.0 Å². The van der Waals surface area contributed by atoms with Gasteiger partial charge in [0.2, 0.25) is 5.91 Å². The van der Waals surface area contributed by atoms with Crippen molar-refractivity contribution in [1.82, 2.24) is 25.0 Å². The van der Waals surface area contributed by atoms with Crippen LogP contribution in [0, 0.1) is 5.92 Å². The summed E-state index contributed by atoms with van der Waals surface area (Å²) in [4.78, 5) is 33.5. The molecule has 0 saturated carbocycles. The molecular formula is C21H27N5O2. The molecule has 4 rings (SSSR count). The Balaban J connectivity index is 1.34. The minimum Gasteiger partial charge on any atom is -0.342 e. The van der Waals surface area contributed by atoms with E-state index < -0.39 is 0 Å². The third kappa shape index (κ3) is 4.08. The number of carbonyl (C=O) groups is 2. The van der Waals surface area contributed by atoms with Crippen LogP contribution in [0.2, 0.25) is 0 Å². The number of hydrogen-bond acceptors (Lipinski definition) is 4. The van der Waals surface area contributed by atoms with Gasteiger partial charge in [-0.15, -0.1) is 0 Å². The molecule has 7 heteroatoms. The number of aromatic amines is 1. The maximum absolute atomic E-state index is 12.8. The number of rotatable bonds is 3. The number of hydrogen-bond donors (Lipinski definition) is 1.